The number of aromatic nitrogens is 2. The van der Waals surface area contributed by atoms with Crippen molar-refractivity contribution >= 4 is 0 Å². The molecule has 0 spiro atoms. The van der Waals surface area contributed by atoms with E-state index in [4.69, 9.17) is 10.3 Å². The Morgan fingerprint density at radius 2 is 2.33 bits per heavy atom. The molecule has 0 saturated carbocycles. The molecule has 0 aromatic carbocycles. The lowest BCUT2D eigenvalue weighted by atomic mass is 10.1. The van der Waals surface area contributed by atoms with Crippen LogP contribution in [-0.2, 0) is 5.54 Å². The maximum absolute atomic E-state index is 5.60. The number of nitrogens with zero attached hydrogens (tertiary/aromatic N) is 2. The summed E-state index contributed by atoms with van der Waals surface area (Å²) in [6.45, 7) is 3.61. The van der Waals surface area contributed by atoms with E-state index >= 15 is 0 Å². The van der Waals surface area contributed by atoms with Crippen LogP contribution in [0.3, 0.4) is 0 Å². The van der Waals surface area contributed by atoms with Crippen molar-refractivity contribution in [2.45, 2.75) is 19.4 Å². The molecule has 0 unspecified atom stereocenters. The molecule has 0 saturated heterocycles. The Kier molecular flexibility index (Phi) is 1.25. The van der Waals surface area contributed by atoms with Gasteiger partial charge in [-0.2, -0.15) is 4.98 Å². The molecule has 1 aromatic heterocycles. The van der Waals surface area contributed by atoms with Gasteiger partial charge in [-0.05, 0) is 13.8 Å². The summed E-state index contributed by atoms with van der Waals surface area (Å²) in [5, 5.41) is 3.42. The Morgan fingerprint density at radius 1 is 1.67 bits per heavy atom. The number of nitrogens with two attached hydrogens (primary N) is 1. The van der Waals surface area contributed by atoms with Crippen LogP contribution in [0.4, 0.5) is 0 Å². The maximum Gasteiger partial charge on any atom is 0.245 e. The quantitative estimate of drug-likeness (QED) is 0.587. The predicted octanol–water partition coefficient (Wildman–Crippen LogP) is 0.263. The van der Waals surface area contributed by atoms with Crippen molar-refractivity contribution in [3.8, 4) is 0 Å². The lowest BCUT2D eigenvalue weighted by Gasteiger charge is -2.10. The summed E-state index contributed by atoms with van der Waals surface area (Å²) in [7, 11) is 0. The summed E-state index contributed by atoms with van der Waals surface area (Å²) >= 11 is 0. The molecule has 1 heterocycles. The molecule has 2 N–H and O–H groups in total. The second-order valence-corrected chi connectivity index (χ2v) is 2.47. The second-order valence-electron chi connectivity index (χ2n) is 2.47. The van der Waals surface area contributed by atoms with E-state index in [1.165, 1.54) is 6.33 Å². The van der Waals surface area contributed by atoms with Gasteiger partial charge in [0.1, 0.15) is 0 Å². The second kappa shape index (κ2) is 1.80. The van der Waals surface area contributed by atoms with Crippen LogP contribution in [0.15, 0.2) is 10.9 Å². The molecule has 50 valence electrons. The Bertz CT molecular complexity index is 175. The van der Waals surface area contributed by atoms with E-state index in [2.05, 4.69) is 10.1 Å². The van der Waals surface area contributed by atoms with E-state index in [1.54, 1.807) is 13.8 Å². The van der Waals surface area contributed by atoms with E-state index in [0.717, 1.165) is 0 Å². The first-order valence-corrected chi connectivity index (χ1v) is 2.67. The molecule has 1 aromatic rings. The van der Waals surface area contributed by atoms with E-state index in [1.807, 2.05) is 0 Å². The van der Waals surface area contributed by atoms with Gasteiger partial charge in [0, 0.05) is 0 Å². The molecule has 0 radical (unpaired) electrons. The minimum absolute atomic E-state index is 0.461. The average Bonchev–Trinajstić information content (AvgIpc) is 2.08. The van der Waals surface area contributed by atoms with E-state index in [0.29, 0.717) is 5.89 Å². The van der Waals surface area contributed by atoms with Crippen LogP contribution in [0.2, 0.25) is 0 Å². The van der Waals surface area contributed by atoms with Crippen molar-refractivity contribution in [3.05, 3.63) is 12.2 Å². The Hall–Kier alpha value is -0.900. The summed E-state index contributed by atoms with van der Waals surface area (Å²) in [5.41, 5.74) is 5.09. The summed E-state index contributed by atoms with van der Waals surface area (Å²) < 4.78 is 4.71. The molecular formula is C5H9N3O. The molecule has 9 heavy (non-hydrogen) atoms. The fourth-order valence-electron chi connectivity index (χ4n) is 0.457. The summed E-state index contributed by atoms with van der Waals surface area (Å²) in [6.07, 6.45) is 1.34. The number of hydrogen-bond donors (Lipinski definition) is 1. The SMILES string of the molecule is CC(C)(N)c1ncno1. The molecule has 0 amide bonds. The van der Waals surface area contributed by atoms with Crippen LogP contribution in [0.25, 0.3) is 0 Å². The van der Waals surface area contributed by atoms with Gasteiger partial charge in [0.05, 0.1) is 5.54 Å². The van der Waals surface area contributed by atoms with E-state index in [-0.39, 0.29) is 0 Å². The molecule has 0 aliphatic rings. The highest BCUT2D eigenvalue weighted by molar-refractivity contribution is 4.92. The summed E-state index contributed by atoms with van der Waals surface area (Å²) in [4.78, 5) is 3.78. The first kappa shape index (κ1) is 6.22. The zero-order valence-electron chi connectivity index (χ0n) is 5.46. The van der Waals surface area contributed by atoms with E-state index < -0.39 is 5.54 Å². The van der Waals surface area contributed by atoms with Crippen molar-refractivity contribution in [1.29, 1.82) is 0 Å². The fraction of sp³-hybridized carbons (Fsp3) is 0.600. The third kappa shape index (κ3) is 1.26. The van der Waals surface area contributed by atoms with Gasteiger partial charge in [0.2, 0.25) is 5.89 Å². The minimum Gasteiger partial charge on any atom is -0.338 e. The fourth-order valence-corrected chi connectivity index (χ4v) is 0.457. The highest BCUT2D eigenvalue weighted by atomic mass is 16.5. The van der Waals surface area contributed by atoms with Crippen molar-refractivity contribution in [2.75, 3.05) is 0 Å². The topological polar surface area (TPSA) is 64.9 Å². The van der Waals surface area contributed by atoms with Crippen molar-refractivity contribution in [2.24, 2.45) is 5.73 Å². The standard InChI is InChI=1S/C5H9N3O/c1-5(2,6)4-7-3-8-9-4/h3H,6H2,1-2H3. The molecule has 1 rings (SSSR count). The largest absolute Gasteiger partial charge is 0.338 e. The van der Waals surface area contributed by atoms with Gasteiger partial charge in [-0.25, -0.2) is 0 Å². The van der Waals surface area contributed by atoms with Gasteiger partial charge in [0.15, 0.2) is 6.33 Å². The lowest BCUT2D eigenvalue weighted by Crippen LogP contribution is -2.28. The van der Waals surface area contributed by atoms with Gasteiger partial charge in [-0.1, -0.05) is 5.16 Å². The zero-order valence-corrected chi connectivity index (χ0v) is 5.46. The molecule has 0 aliphatic heterocycles. The van der Waals surface area contributed by atoms with Crippen LogP contribution >= 0.6 is 0 Å². The Balaban J connectivity index is 2.90. The van der Waals surface area contributed by atoms with Crippen LogP contribution in [0.1, 0.15) is 19.7 Å². The van der Waals surface area contributed by atoms with Gasteiger partial charge in [-0.15, -0.1) is 0 Å². The first-order chi connectivity index (χ1) is 4.11. The molecule has 4 heteroatoms. The van der Waals surface area contributed by atoms with Crippen molar-refractivity contribution < 1.29 is 4.52 Å². The van der Waals surface area contributed by atoms with Crippen LogP contribution in [0, 0.1) is 0 Å². The van der Waals surface area contributed by atoms with Crippen molar-refractivity contribution in [1.82, 2.24) is 10.1 Å². The first-order valence-electron chi connectivity index (χ1n) is 2.67. The van der Waals surface area contributed by atoms with Gasteiger partial charge < -0.3 is 10.3 Å². The molecular weight excluding hydrogens is 118 g/mol. The smallest absolute Gasteiger partial charge is 0.245 e. The Labute approximate surface area is 53.1 Å². The minimum atomic E-state index is -0.517. The van der Waals surface area contributed by atoms with Crippen LogP contribution < -0.4 is 5.73 Å². The monoisotopic (exact) mass is 127 g/mol. The molecule has 0 fully saturated rings. The van der Waals surface area contributed by atoms with E-state index in [9.17, 15) is 0 Å². The lowest BCUT2D eigenvalue weighted by molar-refractivity contribution is 0.312. The highest BCUT2D eigenvalue weighted by Gasteiger charge is 2.19. The normalized spacial score (nSPS) is 11.9. The van der Waals surface area contributed by atoms with Gasteiger partial charge >= 0.3 is 0 Å². The Morgan fingerprint density at radius 3 is 2.56 bits per heavy atom. The third-order valence-electron chi connectivity index (χ3n) is 0.913. The van der Waals surface area contributed by atoms with Crippen molar-refractivity contribution in [3.63, 3.8) is 0 Å². The summed E-state index contributed by atoms with van der Waals surface area (Å²) in [6, 6.07) is 0. The zero-order chi connectivity index (χ0) is 6.91. The molecule has 4 nitrogen and oxygen atoms in total. The predicted molar refractivity (Wildman–Crippen MR) is 31.5 cm³/mol. The number of rotatable bonds is 1. The molecule has 0 bridgehead atoms. The van der Waals surface area contributed by atoms with Crippen LogP contribution in [0.5, 0.6) is 0 Å². The third-order valence-corrected chi connectivity index (χ3v) is 0.913. The summed E-state index contributed by atoms with van der Waals surface area (Å²) in [5.74, 6) is 0.461. The van der Waals surface area contributed by atoms with Gasteiger partial charge in [-0.3, -0.25) is 0 Å². The van der Waals surface area contributed by atoms with Gasteiger partial charge in [0.25, 0.3) is 0 Å². The van der Waals surface area contributed by atoms with Crippen LogP contribution in [-0.4, -0.2) is 10.1 Å². The highest BCUT2D eigenvalue weighted by Crippen LogP contribution is 2.11. The average molecular weight is 127 g/mol. The molecule has 0 atom stereocenters. The molecule has 0 aliphatic carbocycles. The maximum atomic E-state index is 5.60. The number of hydrogen-bond acceptors (Lipinski definition) is 4.